The second kappa shape index (κ2) is 3.93. The van der Waals surface area contributed by atoms with E-state index in [2.05, 4.69) is 19.9 Å². The molecule has 1 saturated heterocycles. The number of carbonyl (C=O) groups is 1. The Labute approximate surface area is 89.7 Å². The first kappa shape index (κ1) is 10.0. The molecule has 0 N–H and O–H groups in total. The summed E-state index contributed by atoms with van der Waals surface area (Å²) in [4.78, 5) is 13.2. The van der Waals surface area contributed by atoms with Gasteiger partial charge < -0.3 is 4.74 Å². The Morgan fingerprint density at radius 2 is 2.07 bits per heavy atom. The maximum Gasteiger partial charge on any atom is 0.414 e. The van der Waals surface area contributed by atoms with Gasteiger partial charge in [0.1, 0.15) is 6.61 Å². The van der Waals surface area contributed by atoms with E-state index in [9.17, 15) is 4.79 Å². The van der Waals surface area contributed by atoms with Crippen molar-refractivity contribution in [3.8, 4) is 0 Å². The molecule has 1 aliphatic heterocycles. The van der Waals surface area contributed by atoms with Crippen molar-refractivity contribution < 1.29 is 9.53 Å². The van der Waals surface area contributed by atoms with Crippen molar-refractivity contribution in [1.82, 2.24) is 0 Å². The van der Waals surface area contributed by atoms with Gasteiger partial charge in [-0.2, -0.15) is 0 Å². The fourth-order valence-electron chi connectivity index (χ4n) is 1.83. The molecule has 0 aromatic heterocycles. The number of rotatable bonds is 2. The van der Waals surface area contributed by atoms with Crippen molar-refractivity contribution in [2.45, 2.75) is 19.8 Å². The molecule has 1 heterocycles. The highest BCUT2D eigenvalue weighted by Crippen LogP contribution is 2.28. The lowest BCUT2D eigenvalue weighted by molar-refractivity contribution is 0.181. The van der Waals surface area contributed by atoms with Crippen LogP contribution in [0.2, 0.25) is 0 Å². The van der Waals surface area contributed by atoms with E-state index in [0.29, 0.717) is 19.1 Å². The van der Waals surface area contributed by atoms with E-state index in [-0.39, 0.29) is 6.09 Å². The lowest BCUT2D eigenvalue weighted by atomic mass is 10.0. The third-order valence-corrected chi connectivity index (χ3v) is 2.61. The number of hydrogen-bond donors (Lipinski definition) is 0. The van der Waals surface area contributed by atoms with E-state index in [0.717, 1.165) is 5.69 Å². The van der Waals surface area contributed by atoms with Crippen molar-refractivity contribution >= 4 is 11.8 Å². The van der Waals surface area contributed by atoms with Crippen LogP contribution in [0.15, 0.2) is 24.3 Å². The number of ether oxygens (including phenoxy) is 1. The predicted octanol–water partition coefficient (Wildman–Crippen LogP) is 2.77. The Morgan fingerprint density at radius 1 is 1.33 bits per heavy atom. The van der Waals surface area contributed by atoms with Gasteiger partial charge in [-0.05, 0) is 17.5 Å². The Bertz CT molecular complexity index is 374. The smallest absolute Gasteiger partial charge is 0.414 e. The van der Waals surface area contributed by atoms with Crippen LogP contribution in [0.5, 0.6) is 0 Å². The molecule has 0 unspecified atom stereocenters. The SMILES string of the molecule is CC(C)c1ccccc1N1CCOC1=O. The van der Waals surface area contributed by atoms with Gasteiger partial charge in [0.2, 0.25) is 0 Å². The van der Waals surface area contributed by atoms with Crippen LogP contribution >= 0.6 is 0 Å². The van der Waals surface area contributed by atoms with Gasteiger partial charge in [-0.25, -0.2) is 4.79 Å². The molecule has 80 valence electrons. The summed E-state index contributed by atoms with van der Waals surface area (Å²) < 4.78 is 4.94. The highest BCUT2D eigenvalue weighted by molar-refractivity contribution is 5.90. The average Bonchev–Trinajstić information content (AvgIpc) is 2.64. The van der Waals surface area contributed by atoms with Gasteiger partial charge in [0, 0.05) is 0 Å². The number of para-hydroxylation sites is 1. The number of benzene rings is 1. The summed E-state index contributed by atoms with van der Waals surface area (Å²) in [5.41, 5.74) is 2.17. The van der Waals surface area contributed by atoms with Gasteiger partial charge in [-0.3, -0.25) is 4.90 Å². The first-order valence-corrected chi connectivity index (χ1v) is 5.23. The molecule has 0 saturated carbocycles. The molecule has 1 fully saturated rings. The summed E-state index contributed by atoms with van der Waals surface area (Å²) in [6.45, 7) is 5.40. The normalized spacial score (nSPS) is 15.9. The molecule has 0 atom stereocenters. The third-order valence-electron chi connectivity index (χ3n) is 2.61. The number of amides is 1. The zero-order valence-electron chi connectivity index (χ0n) is 9.06. The highest BCUT2D eigenvalue weighted by atomic mass is 16.6. The summed E-state index contributed by atoms with van der Waals surface area (Å²) in [6, 6.07) is 7.99. The fourth-order valence-corrected chi connectivity index (χ4v) is 1.83. The first-order chi connectivity index (χ1) is 7.20. The van der Waals surface area contributed by atoms with E-state index < -0.39 is 0 Å². The van der Waals surface area contributed by atoms with Crippen LogP contribution in [-0.2, 0) is 4.74 Å². The van der Waals surface area contributed by atoms with Crippen molar-refractivity contribution in [3.05, 3.63) is 29.8 Å². The minimum Gasteiger partial charge on any atom is -0.447 e. The summed E-state index contributed by atoms with van der Waals surface area (Å²) in [7, 11) is 0. The molecular weight excluding hydrogens is 190 g/mol. The molecule has 3 heteroatoms. The predicted molar refractivity (Wildman–Crippen MR) is 59.2 cm³/mol. The molecule has 3 nitrogen and oxygen atoms in total. The number of anilines is 1. The monoisotopic (exact) mass is 205 g/mol. The molecule has 0 aliphatic carbocycles. The third kappa shape index (κ3) is 1.82. The molecule has 2 rings (SSSR count). The van der Waals surface area contributed by atoms with E-state index in [4.69, 9.17) is 4.74 Å². The van der Waals surface area contributed by atoms with E-state index >= 15 is 0 Å². The molecule has 1 amide bonds. The van der Waals surface area contributed by atoms with Crippen LogP contribution < -0.4 is 4.90 Å². The molecule has 1 aliphatic rings. The van der Waals surface area contributed by atoms with Crippen LogP contribution in [0.1, 0.15) is 25.3 Å². The highest BCUT2D eigenvalue weighted by Gasteiger charge is 2.25. The maximum atomic E-state index is 11.5. The maximum absolute atomic E-state index is 11.5. The van der Waals surface area contributed by atoms with Crippen LogP contribution in [0.3, 0.4) is 0 Å². The number of carbonyl (C=O) groups excluding carboxylic acids is 1. The standard InChI is InChI=1S/C12H15NO2/c1-9(2)10-5-3-4-6-11(10)13-7-8-15-12(13)14/h3-6,9H,7-8H2,1-2H3. The zero-order valence-corrected chi connectivity index (χ0v) is 9.06. The number of hydrogen-bond acceptors (Lipinski definition) is 2. The molecule has 0 spiro atoms. The minimum atomic E-state index is -0.233. The summed E-state index contributed by atoms with van der Waals surface area (Å²) in [5, 5.41) is 0. The lowest BCUT2D eigenvalue weighted by Crippen LogP contribution is -2.24. The fraction of sp³-hybridized carbons (Fsp3) is 0.417. The van der Waals surface area contributed by atoms with Crippen molar-refractivity contribution in [2.75, 3.05) is 18.1 Å². The molecule has 0 radical (unpaired) electrons. The topological polar surface area (TPSA) is 29.5 Å². The van der Waals surface area contributed by atoms with Gasteiger partial charge in [-0.15, -0.1) is 0 Å². The quantitative estimate of drug-likeness (QED) is 0.743. The van der Waals surface area contributed by atoms with Crippen LogP contribution in [-0.4, -0.2) is 19.2 Å². The molecular formula is C12H15NO2. The first-order valence-electron chi connectivity index (χ1n) is 5.23. The van der Waals surface area contributed by atoms with Gasteiger partial charge in [0.05, 0.1) is 12.2 Å². The largest absolute Gasteiger partial charge is 0.447 e. The van der Waals surface area contributed by atoms with Gasteiger partial charge in [-0.1, -0.05) is 32.0 Å². The average molecular weight is 205 g/mol. The van der Waals surface area contributed by atoms with E-state index in [1.165, 1.54) is 5.56 Å². The van der Waals surface area contributed by atoms with Gasteiger partial charge >= 0.3 is 6.09 Å². The Morgan fingerprint density at radius 3 is 2.67 bits per heavy atom. The van der Waals surface area contributed by atoms with Crippen LogP contribution in [0.4, 0.5) is 10.5 Å². The Kier molecular flexibility index (Phi) is 2.62. The van der Waals surface area contributed by atoms with Gasteiger partial charge in [0.15, 0.2) is 0 Å². The molecule has 15 heavy (non-hydrogen) atoms. The van der Waals surface area contributed by atoms with E-state index in [1.807, 2.05) is 18.2 Å². The minimum absolute atomic E-state index is 0.233. The summed E-state index contributed by atoms with van der Waals surface area (Å²) in [6.07, 6.45) is -0.233. The summed E-state index contributed by atoms with van der Waals surface area (Å²) >= 11 is 0. The van der Waals surface area contributed by atoms with E-state index in [1.54, 1.807) is 4.90 Å². The van der Waals surface area contributed by atoms with Crippen molar-refractivity contribution in [3.63, 3.8) is 0 Å². The lowest BCUT2D eigenvalue weighted by Gasteiger charge is -2.19. The molecule has 0 bridgehead atoms. The van der Waals surface area contributed by atoms with Gasteiger partial charge in [0.25, 0.3) is 0 Å². The van der Waals surface area contributed by atoms with Crippen molar-refractivity contribution in [2.24, 2.45) is 0 Å². The van der Waals surface area contributed by atoms with Crippen LogP contribution in [0, 0.1) is 0 Å². The zero-order chi connectivity index (χ0) is 10.8. The second-order valence-corrected chi connectivity index (χ2v) is 3.98. The van der Waals surface area contributed by atoms with Crippen LogP contribution in [0.25, 0.3) is 0 Å². The second-order valence-electron chi connectivity index (χ2n) is 3.98. The summed E-state index contributed by atoms with van der Waals surface area (Å²) in [5.74, 6) is 0.412. The molecule has 1 aromatic carbocycles. The molecule has 1 aromatic rings. The number of cyclic esters (lactones) is 1. The Hall–Kier alpha value is -1.51. The Balaban J connectivity index is 2.38. The number of nitrogens with zero attached hydrogens (tertiary/aromatic N) is 1. The van der Waals surface area contributed by atoms with Crippen molar-refractivity contribution in [1.29, 1.82) is 0 Å².